The highest BCUT2D eigenvalue weighted by Gasteiger charge is 2.44. The minimum Gasteiger partial charge on any atom is -0.383 e. The van der Waals surface area contributed by atoms with E-state index in [0.29, 0.717) is 32.6 Å². The lowest BCUT2D eigenvalue weighted by Crippen LogP contribution is -2.49. The van der Waals surface area contributed by atoms with Crippen LogP contribution in [0.2, 0.25) is 0 Å². The summed E-state index contributed by atoms with van der Waals surface area (Å²) in [6.07, 6.45) is 3.25. The smallest absolute Gasteiger partial charge is 0.243 e. The Morgan fingerprint density at radius 3 is 2.47 bits per heavy atom. The first-order chi connectivity index (χ1) is 9.11. The highest BCUT2D eigenvalue weighted by atomic mass is 16.5. The summed E-state index contributed by atoms with van der Waals surface area (Å²) in [5.41, 5.74) is -0.824. The van der Waals surface area contributed by atoms with Crippen molar-refractivity contribution in [3.05, 3.63) is 0 Å². The molecule has 108 valence electrons. The van der Waals surface area contributed by atoms with E-state index in [1.807, 2.05) is 6.92 Å². The molecule has 1 amide bonds. The number of rotatable bonds is 7. The van der Waals surface area contributed by atoms with E-state index in [9.17, 15) is 10.1 Å². The summed E-state index contributed by atoms with van der Waals surface area (Å²) < 4.78 is 10.2. The van der Waals surface area contributed by atoms with Crippen LogP contribution >= 0.6 is 0 Å². The third kappa shape index (κ3) is 3.68. The molecular formula is C14H24N2O3. The topological polar surface area (TPSA) is 62.6 Å². The van der Waals surface area contributed by atoms with E-state index in [2.05, 4.69) is 6.07 Å². The summed E-state index contributed by atoms with van der Waals surface area (Å²) in [6, 6.07) is 2.22. The average Bonchev–Trinajstić information content (AvgIpc) is 2.89. The van der Waals surface area contributed by atoms with E-state index in [1.54, 1.807) is 19.1 Å². The molecule has 0 bridgehead atoms. The first kappa shape index (κ1) is 15.9. The number of carbonyl (C=O) groups is 1. The Hall–Kier alpha value is -1.12. The van der Waals surface area contributed by atoms with Gasteiger partial charge < -0.3 is 14.4 Å². The molecule has 0 radical (unpaired) electrons. The predicted molar refractivity (Wildman–Crippen MR) is 71.4 cm³/mol. The molecule has 1 fully saturated rings. The zero-order valence-electron chi connectivity index (χ0n) is 12.1. The molecule has 5 nitrogen and oxygen atoms in total. The second-order valence-electron chi connectivity index (χ2n) is 5.20. The molecule has 0 aromatic rings. The van der Waals surface area contributed by atoms with E-state index in [4.69, 9.17) is 9.47 Å². The van der Waals surface area contributed by atoms with Gasteiger partial charge in [-0.15, -0.1) is 0 Å². The number of ether oxygens (including phenoxy) is 2. The molecule has 5 heteroatoms. The van der Waals surface area contributed by atoms with Gasteiger partial charge in [0.25, 0.3) is 0 Å². The molecule has 1 unspecified atom stereocenters. The van der Waals surface area contributed by atoms with E-state index >= 15 is 0 Å². The van der Waals surface area contributed by atoms with Crippen molar-refractivity contribution in [2.24, 2.45) is 5.41 Å². The summed E-state index contributed by atoms with van der Waals surface area (Å²) in [5, 5.41) is 9.41. The molecule has 19 heavy (non-hydrogen) atoms. The zero-order chi connectivity index (χ0) is 14.3. The number of nitriles is 1. The molecule has 0 aliphatic heterocycles. The van der Waals surface area contributed by atoms with Crippen molar-refractivity contribution >= 4 is 5.91 Å². The van der Waals surface area contributed by atoms with Gasteiger partial charge >= 0.3 is 0 Å². The lowest BCUT2D eigenvalue weighted by molar-refractivity contribution is -0.142. The quantitative estimate of drug-likeness (QED) is 0.703. The molecular weight excluding hydrogens is 244 g/mol. The third-order valence-corrected chi connectivity index (χ3v) is 3.82. The summed E-state index contributed by atoms with van der Waals surface area (Å²) in [4.78, 5) is 14.5. The van der Waals surface area contributed by atoms with Crippen molar-refractivity contribution < 1.29 is 14.3 Å². The van der Waals surface area contributed by atoms with Gasteiger partial charge in [0, 0.05) is 20.8 Å². The Balaban J connectivity index is 2.83. The second-order valence-corrected chi connectivity index (χ2v) is 5.20. The Morgan fingerprint density at radius 1 is 1.37 bits per heavy atom. The van der Waals surface area contributed by atoms with Crippen LogP contribution in [0.1, 0.15) is 32.6 Å². The van der Waals surface area contributed by atoms with Crippen molar-refractivity contribution in [3.63, 3.8) is 0 Å². The van der Waals surface area contributed by atoms with Crippen molar-refractivity contribution in [2.75, 3.05) is 34.0 Å². The maximum atomic E-state index is 12.7. The van der Waals surface area contributed by atoms with Crippen LogP contribution in [-0.4, -0.2) is 50.8 Å². The maximum absolute atomic E-state index is 12.7. The fourth-order valence-corrected chi connectivity index (χ4v) is 2.67. The molecule has 1 aliphatic rings. The van der Waals surface area contributed by atoms with Gasteiger partial charge in [0.1, 0.15) is 5.41 Å². The van der Waals surface area contributed by atoms with Crippen LogP contribution in [0.25, 0.3) is 0 Å². The Bertz CT molecular complexity index is 332. The van der Waals surface area contributed by atoms with Crippen LogP contribution in [0.15, 0.2) is 0 Å². The van der Waals surface area contributed by atoms with Gasteiger partial charge in [0.15, 0.2) is 0 Å². The van der Waals surface area contributed by atoms with Crippen LogP contribution in [0.4, 0.5) is 0 Å². The summed E-state index contributed by atoms with van der Waals surface area (Å²) >= 11 is 0. The fraction of sp³-hybridized carbons (Fsp3) is 0.857. The number of nitrogens with zero attached hydrogens (tertiary/aromatic N) is 2. The largest absolute Gasteiger partial charge is 0.383 e. The van der Waals surface area contributed by atoms with Crippen molar-refractivity contribution in [1.82, 2.24) is 4.90 Å². The highest BCUT2D eigenvalue weighted by Crippen LogP contribution is 2.39. The van der Waals surface area contributed by atoms with E-state index in [-0.39, 0.29) is 11.9 Å². The van der Waals surface area contributed by atoms with Gasteiger partial charge in [0.2, 0.25) is 5.91 Å². The maximum Gasteiger partial charge on any atom is 0.243 e. The Labute approximate surface area is 115 Å². The molecule has 1 saturated carbocycles. The molecule has 0 aromatic carbocycles. The lowest BCUT2D eigenvalue weighted by Gasteiger charge is -2.34. The molecule has 1 atom stereocenters. The standard InChI is InChI=1S/C14H24N2O3/c1-12(10-19-3)16(8-9-18-2)13(17)14(11-15)6-4-5-7-14/h12H,4-10H2,1-3H3. The van der Waals surface area contributed by atoms with Gasteiger partial charge in [0.05, 0.1) is 25.3 Å². The number of hydrogen-bond donors (Lipinski definition) is 0. The normalized spacial score (nSPS) is 18.8. The van der Waals surface area contributed by atoms with Gasteiger partial charge in [-0.1, -0.05) is 12.8 Å². The molecule has 0 saturated heterocycles. The third-order valence-electron chi connectivity index (χ3n) is 3.82. The number of amides is 1. The predicted octanol–water partition coefficient (Wildman–Crippen LogP) is 1.58. The first-order valence-corrected chi connectivity index (χ1v) is 6.81. The summed E-state index contributed by atoms with van der Waals surface area (Å²) in [6.45, 7) is 3.39. The van der Waals surface area contributed by atoms with Crippen molar-refractivity contribution in [1.29, 1.82) is 5.26 Å². The SMILES string of the molecule is COCCN(C(=O)C1(C#N)CCCC1)C(C)COC. The Kier molecular flexibility index (Phi) is 6.26. The van der Waals surface area contributed by atoms with E-state index in [1.165, 1.54) is 0 Å². The zero-order valence-corrected chi connectivity index (χ0v) is 12.1. The number of hydrogen-bond acceptors (Lipinski definition) is 4. The van der Waals surface area contributed by atoms with Gasteiger partial charge in [-0.05, 0) is 19.8 Å². The monoisotopic (exact) mass is 268 g/mol. The molecule has 0 N–H and O–H groups in total. The van der Waals surface area contributed by atoms with Crippen LogP contribution in [0.5, 0.6) is 0 Å². The molecule has 0 heterocycles. The van der Waals surface area contributed by atoms with Crippen LogP contribution in [-0.2, 0) is 14.3 Å². The Morgan fingerprint density at radius 2 is 2.00 bits per heavy atom. The van der Waals surface area contributed by atoms with Crippen LogP contribution in [0, 0.1) is 16.7 Å². The van der Waals surface area contributed by atoms with Gasteiger partial charge in [-0.3, -0.25) is 4.79 Å². The van der Waals surface area contributed by atoms with Crippen molar-refractivity contribution in [3.8, 4) is 6.07 Å². The minimum atomic E-state index is -0.824. The molecule has 0 spiro atoms. The average molecular weight is 268 g/mol. The molecule has 0 aromatic heterocycles. The second kappa shape index (κ2) is 7.46. The van der Waals surface area contributed by atoms with E-state index in [0.717, 1.165) is 12.8 Å². The summed E-state index contributed by atoms with van der Waals surface area (Å²) in [5.74, 6) is -0.0610. The minimum absolute atomic E-state index is 0.0431. The summed E-state index contributed by atoms with van der Waals surface area (Å²) in [7, 11) is 3.23. The molecule has 1 aliphatic carbocycles. The van der Waals surface area contributed by atoms with Crippen LogP contribution < -0.4 is 0 Å². The fourth-order valence-electron chi connectivity index (χ4n) is 2.67. The van der Waals surface area contributed by atoms with Gasteiger partial charge in [-0.25, -0.2) is 0 Å². The first-order valence-electron chi connectivity index (χ1n) is 6.81. The van der Waals surface area contributed by atoms with E-state index < -0.39 is 5.41 Å². The number of methoxy groups -OCH3 is 2. The lowest BCUT2D eigenvalue weighted by atomic mass is 9.86. The van der Waals surface area contributed by atoms with Gasteiger partial charge in [-0.2, -0.15) is 5.26 Å². The van der Waals surface area contributed by atoms with Crippen molar-refractivity contribution in [2.45, 2.75) is 38.6 Å². The highest BCUT2D eigenvalue weighted by molar-refractivity contribution is 5.86. The van der Waals surface area contributed by atoms with Crippen LogP contribution in [0.3, 0.4) is 0 Å². The number of carbonyl (C=O) groups excluding carboxylic acids is 1. The molecule has 1 rings (SSSR count).